The van der Waals surface area contributed by atoms with E-state index in [-0.39, 0.29) is 5.75 Å². The number of rotatable bonds is 6. The third-order valence-electron chi connectivity index (χ3n) is 3.78. The Kier molecular flexibility index (Phi) is 5.52. The van der Waals surface area contributed by atoms with Crippen LogP contribution < -0.4 is 10.1 Å². The number of piperidine rings is 1. The third kappa shape index (κ3) is 4.43. The molecule has 0 atom stereocenters. The van der Waals surface area contributed by atoms with E-state index in [0.717, 1.165) is 32.4 Å². The lowest BCUT2D eigenvalue weighted by Crippen LogP contribution is -2.30. The van der Waals surface area contributed by atoms with Gasteiger partial charge in [0.05, 0.1) is 6.61 Å². The summed E-state index contributed by atoms with van der Waals surface area (Å²) in [6.07, 6.45) is 5.75. The van der Waals surface area contributed by atoms with E-state index in [1.54, 1.807) is 6.07 Å². The molecule has 0 spiro atoms. The van der Waals surface area contributed by atoms with E-state index in [1.165, 1.54) is 18.4 Å². The summed E-state index contributed by atoms with van der Waals surface area (Å²) in [5.41, 5.74) is 1.25. The number of nitrogens with one attached hydrogen (secondary N) is 1. The molecule has 106 valence electrons. The van der Waals surface area contributed by atoms with Gasteiger partial charge in [0.25, 0.3) is 0 Å². The first-order chi connectivity index (χ1) is 9.29. The fourth-order valence-electron chi connectivity index (χ4n) is 2.47. The van der Waals surface area contributed by atoms with Crippen LogP contribution in [0.5, 0.6) is 11.5 Å². The van der Waals surface area contributed by atoms with E-state index in [1.807, 2.05) is 12.1 Å². The lowest BCUT2D eigenvalue weighted by molar-refractivity contribution is 0.209. The molecule has 1 fully saturated rings. The van der Waals surface area contributed by atoms with Crippen molar-refractivity contribution in [3.8, 4) is 11.5 Å². The van der Waals surface area contributed by atoms with Crippen LogP contribution in [0.25, 0.3) is 0 Å². The molecule has 0 radical (unpaired) electrons. The number of aromatic hydroxyl groups is 1. The summed E-state index contributed by atoms with van der Waals surface area (Å²) in [6.45, 7) is 5.06. The molecular weight excluding hydrogens is 238 g/mol. The highest BCUT2D eigenvalue weighted by Crippen LogP contribution is 2.28. The number of phenols is 1. The minimum absolute atomic E-state index is 0.259. The molecule has 1 heterocycles. The second kappa shape index (κ2) is 7.39. The molecule has 3 heteroatoms. The van der Waals surface area contributed by atoms with Crippen LogP contribution in [0.15, 0.2) is 18.2 Å². The molecule has 2 N–H and O–H groups in total. The average Bonchev–Trinajstić information content (AvgIpc) is 2.46. The molecule has 1 aromatic rings. The number of hydrogen-bond donors (Lipinski definition) is 2. The molecular formula is C16H25NO2. The second-order valence-corrected chi connectivity index (χ2v) is 5.41. The molecule has 0 unspecified atom stereocenters. The van der Waals surface area contributed by atoms with Crippen molar-refractivity contribution < 1.29 is 9.84 Å². The fraction of sp³-hybridized carbons (Fsp3) is 0.625. The van der Waals surface area contributed by atoms with Gasteiger partial charge in [0, 0.05) is 0 Å². The van der Waals surface area contributed by atoms with E-state index in [4.69, 9.17) is 4.74 Å². The Bertz CT molecular complexity index is 386. The topological polar surface area (TPSA) is 41.5 Å². The predicted octanol–water partition coefficient (Wildman–Crippen LogP) is 3.11. The molecule has 0 aliphatic carbocycles. The third-order valence-corrected chi connectivity index (χ3v) is 3.78. The zero-order chi connectivity index (χ0) is 13.5. The molecule has 0 bridgehead atoms. The van der Waals surface area contributed by atoms with Crippen molar-refractivity contribution in [1.82, 2.24) is 5.32 Å². The quantitative estimate of drug-likeness (QED) is 0.828. The molecule has 1 aliphatic rings. The highest BCUT2D eigenvalue weighted by Gasteiger charge is 2.14. The molecule has 0 aromatic heterocycles. The van der Waals surface area contributed by atoms with Crippen molar-refractivity contribution in [2.45, 2.75) is 39.0 Å². The van der Waals surface area contributed by atoms with Crippen molar-refractivity contribution in [1.29, 1.82) is 0 Å². The standard InChI is InChI=1S/C16H25NO2/c1-2-3-4-13-5-6-15(18)16(11-13)19-12-14-7-9-17-10-8-14/h5-6,11,14,17-18H,2-4,7-10,12H2,1H3. The van der Waals surface area contributed by atoms with Gasteiger partial charge in [0.2, 0.25) is 0 Å². The zero-order valence-corrected chi connectivity index (χ0v) is 11.8. The minimum atomic E-state index is 0.259. The number of hydrogen-bond acceptors (Lipinski definition) is 3. The van der Waals surface area contributed by atoms with Crippen LogP contribution in [0.2, 0.25) is 0 Å². The van der Waals surface area contributed by atoms with E-state index < -0.39 is 0 Å². The zero-order valence-electron chi connectivity index (χ0n) is 11.8. The number of phenolic OH excluding ortho intramolecular Hbond substituents is 1. The van der Waals surface area contributed by atoms with E-state index in [2.05, 4.69) is 12.2 Å². The van der Waals surface area contributed by atoms with Gasteiger partial charge >= 0.3 is 0 Å². The molecule has 1 aliphatic heterocycles. The van der Waals surface area contributed by atoms with Crippen molar-refractivity contribution >= 4 is 0 Å². The normalized spacial score (nSPS) is 16.5. The first kappa shape index (κ1) is 14.2. The summed E-state index contributed by atoms with van der Waals surface area (Å²) in [5.74, 6) is 1.52. The second-order valence-electron chi connectivity index (χ2n) is 5.41. The average molecular weight is 263 g/mol. The SMILES string of the molecule is CCCCc1ccc(O)c(OCC2CCNCC2)c1. The van der Waals surface area contributed by atoms with Gasteiger partial charge in [-0.3, -0.25) is 0 Å². The molecule has 2 rings (SSSR count). The molecule has 3 nitrogen and oxygen atoms in total. The van der Waals surface area contributed by atoms with Crippen LogP contribution in [-0.2, 0) is 6.42 Å². The lowest BCUT2D eigenvalue weighted by atomic mass is 9.99. The number of aryl methyl sites for hydroxylation is 1. The molecule has 1 aromatic carbocycles. The van der Waals surface area contributed by atoms with Gasteiger partial charge in [0.15, 0.2) is 11.5 Å². The summed E-state index contributed by atoms with van der Waals surface area (Å²) in [7, 11) is 0. The molecule has 0 saturated carbocycles. The molecule has 1 saturated heterocycles. The van der Waals surface area contributed by atoms with Gasteiger partial charge in [-0.05, 0) is 62.4 Å². The van der Waals surface area contributed by atoms with Crippen LogP contribution in [0.1, 0.15) is 38.2 Å². The molecule has 0 amide bonds. The number of benzene rings is 1. The Hall–Kier alpha value is -1.22. The van der Waals surface area contributed by atoms with Crippen molar-refractivity contribution in [3.63, 3.8) is 0 Å². The monoisotopic (exact) mass is 263 g/mol. The van der Waals surface area contributed by atoms with Crippen LogP contribution in [-0.4, -0.2) is 24.8 Å². The van der Waals surface area contributed by atoms with E-state index >= 15 is 0 Å². The first-order valence-corrected chi connectivity index (χ1v) is 7.45. The highest BCUT2D eigenvalue weighted by molar-refractivity contribution is 5.41. The maximum Gasteiger partial charge on any atom is 0.161 e. The van der Waals surface area contributed by atoms with Gasteiger partial charge in [-0.1, -0.05) is 19.4 Å². The van der Waals surface area contributed by atoms with Gasteiger partial charge in [0.1, 0.15) is 0 Å². The van der Waals surface area contributed by atoms with Crippen molar-refractivity contribution in [3.05, 3.63) is 23.8 Å². The minimum Gasteiger partial charge on any atom is -0.504 e. The van der Waals surface area contributed by atoms with Crippen LogP contribution >= 0.6 is 0 Å². The lowest BCUT2D eigenvalue weighted by Gasteiger charge is -2.23. The maximum atomic E-state index is 9.85. The van der Waals surface area contributed by atoms with E-state index in [0.29, 0.717) is 18.3 Å². The Morgan fingerprint density at radius 1 is 1.32 bits per heavy atom. The van der Waals surface area contributed by atoms with Crippen LogP contribution in [0, 0.1) is 5.92 Å². The van der Waals surface area contributed by atoms with Crippen LogP contribution in [0.3, 0.4) is 0 Å². The number of unbranched alkanes of at least 4 members (excludes halogenated alkanes) is 1. The van der Waals surface area contributed by atoms with Gasteiger partial charge < -0.3 is 15.2 Å². The summed E-state index contributed by atoms with van der Waals surface area (Å²) < 4.78 is 5.82. The maximum absolute atomic E-state index is 9.85. The fourth-order valence-corrected chi connectivity index (χ4v) is 2.47. The van der Waals surface area contributed by atoms with Gasteiger partial charge in [-0.2, -0.15) is 0 Å². The van der Waals surface area contributed by atoms with Gasteiger partial charge in [-0.25, -0.2) is 0 Å². The summed E-state index contributed by atoms with van der Waals surface area (Å²) >= 11 is 0. The predicted molar refractivity (Wildman–Crippen MR) is 77.8 cm³/mol. The van der Waals surface area contributed by atoms with Crippen molar-refractivity contribution in [2.24, 2.45) is 5.92 Å². The number of ether oxygens (including phenoxy) is 1. The van der Waals surface area contributed by atoms with E-state index in [9.17, 15) is 5.11 Å². The largest absolute Gasteiger partial charge is 0.504 e. The smallest absolute Gasteiger partial charge is 0.161 e. The van der Waals surface area contributed by atoms with Crippen molar-refractivity contribution in [2.75, 3.05) is 19.7 Å². The summed E-state index contributed by atoms with van der Waals surface area (Å²) in [4.78, 5) is 0. The highest BCUT2D eigenvalue weighted by atomic mass is 16.5. The Balaban J connectivity index is 1.90. The Morgan fingerprint density at radius 2 is 2.11 bits per heavy atom. The first-order valence-electron chi connectivity index (χ1n) is 7.45. The summed E-state index contributed by atoms with van der Waals surface area (Å²) in [5, 5.41) is 13.2. The van der Waals surface area contributed by atoms with Crippen LogP contribution in [0.4, 0.5) is 0 Å². The van der Waals surface area contributed by atoms with Gasteiger partial charge in [-0.15, -0.1) is 0 Å². The summed E-state index contributed by atoms with van der Waals surface area (Å²) in [6, 6.07) is 5.73. The molecule has 19 heavy (non-hydrogen) atoms. The Morgan fingerprint density at radius 3 is 2.84 bits per heavy atom. The Labute approximate surface area is 116 Å².